The third kappa shape index (κ3) is 5.17. The molecule has 1 atom stereocenters. The third-order valence-electron chi connectivity index (χ3n) is 4.26. The van der Waals surface area contributed by atoms with Crippen LogP contribution >= 0.6 is 10.2 Å². The molecule has 16 heteroatoms. The summed E-state index contributed by atoms with van der Waals surface area (Å²) in [7, 11) is -17.0. The number of nitrogens with zero attached hydrogens (tertiary/aromatic N) is 1. The van der Waals surface area contributed by atoms with Gasteiger partial charge in [0.05, 0.1) is 7.11 Å². The summed E-state index contributed by atoms with van der Waals surface area (Å²) in [6, 6.07) is 8.59. The van der Waals surface area contributed by atoms with Crippen LogP contribution in [0.2, 0.25) is 0 Å². The Morgan fingerprint density at radius 3 is 1.61 bits per heavy atom. The minimum absolute atomic E-state index is 0.0288. The van der Waals surface area contributed by atoms with Gasteiger partial charge < -0.3 is 9.84 Å². The van der Waals surface area contributed by atoms with Gasteiger partial charge in [0.15, 0.2) is 0 Å². The molecule has 2 aromatic carbocycles. The average Bonchev–Trinajstić information content (AvgIpc) is 2.66. The summed E-state index contributed by atoms with van der Waals surface area (Å²) in [5, 5.41) is 9.47. The first-order valence-electron chi connectivity index (χ1n) is 8.49. The fourth-order valence-corrected chi connectivity index (χ4v) is 11.4. The summed E-state index contributed by atoms with van der Waals surface area (Å²) < 4.78 is 133. The van der Waals surface area contributed by atoms with Crippen molar-refractivity contribution in [3.8, 4) is 11.5 Å². The predicted octanol–water partition coefficient (Wildman–Crippen LogP) is 4.31. The summed E-state index contributed by atoms with van der Waals surface area (Å²) in [5.41, 5.74) is -12.7. The summed E-state index contributed by atoms with van der Waals surface area (Å²) in [5.74, 6) is -0.997. The first-order chi connectivity index (χ1) is 14.9. The van der Waals surface area contributed by atoms with Gasteiger partial charge in [0.1, 0.15) is 11.5 Å². The molecule has 186 valence electrons. The predicted molar refractivity (Wildman–Crippen MR) is 108 cm³/mol. The van der Waals surface area contributed by atoms with Crippen molar-refractivity contribution in [1.82, 2.24) is 3.12 Å². The summed E-state index contributed by atoms with van der Waals surface area (Å²) >= 11 is 0. The minimum atomic E-state index is -7.05. The average molecular weight is 542 g/mol. The van der Waals surface area contributed by atoms with Crippen LogP contribution in [0.15, 0.2) is 53.4 Å². The smallest absolute Gasteiger partial charge is 0.508 e. The Kier molecular flexibility index (Phi) is 7.29. The van der Waals surface area contributed by atoms with Crippen molar-refractivity contribution in [2.45, 2.75) is 21.7 Å². The van der Waals surface area contributed by atoms with Crippen molar-refractivity contribution >= 4 is 30.3 Å². The van der Waals surface area contributed by atoms with E-state index in [2.05, 4.69) is 0 Å². The lowest BCUT2D eigenvalue weighted by Gasteiger charge is -2.44. The highest BCUT2D eigenvalue weighted by molar-refractivity contribution is 8.40. The van der Waals surface area contributed by atoms with E-state index in [1.165, 1.54) is 31.4 Å². The largest absolute Gasteiger partial charge is 0.513 e. The fourth-order valence-electron chi connectivity index (χ4n) is 2.74. The van der Waals surface area contributed by atoms with E-state index < -0.39 is 60.8 Å². The SMILES string of the molecule is COc1ccc(CS(C)(c2ccc(O)cc2)N(S(=O)(=O)C(F)(F)F)S(=O)(=O)C(F)(F)F)cc1. The zero-order valence-electron chi connectivity index (χ0n) is 16.8. The zero-order chi connectivity index (χ0) is 25.5. The number of phenols is 1. The number of alkyl halides is 6. The van der Waals surface area contributed by atoms with Crippen LogP contribution in [0, 0.1) is 0 Å². The van der Waals surface area contributed by atoms with Crippen molar-refractivity contribution in [3.05, 3.63) is 54.1 Å². The van der Waals surface area contributed by atoms with Crippen LogP contribution in [-0.2, 0) is 25.8 Å². The Morgan fingerprint density at radius 1 is 0.818 bits per heavy atom. The molecule has 0 saturated heterocycles. The molecule has 7 nitrogen and oxygen atoms in total. The van der Waals surface area contributed by atoms with E-state index in [1.807, 2.05) is 0 Å². The number of ether oxygens (including phenoxy) is 1. The Balaban J connectivity index is 2.92. The molecule has 0 amide bonds. The summed E-state index contributed by atoms with van der Waals surface area (Å²) in [6.07, 6.45) is 0.691. The van der Waals surface area contributed by atoms with Crippen LogP contribution in [0.5, 0.6) is 11.5 Å². The second-order valence-corrected chi connectivity index (χ2v) is 14.0. The Labute approximate surface area is 187 Å². The van der Waals surface area contributed by atoms with Gasteiger partial charge in [-0.2, -0.15) is 26.3 Å². The molecule has 0 aliphatic rings. The summed E-state index contributed by atoms with van der Waals surface area (Å²) in [6.45, 7) is 0. The van der Waals surface area contributed by atoms with Crippen molar-refractivity contribution in [3.63, 3.8) is 0 Å². The molecular formula is C17H17F6NO6S3. The van der Waals surface area contributed by atoms with E-state index in [9.17, 15) is 48.3 Å². The molecule has 0 aromatic heterocycles. The van der Waals surface area contributed by atoms with Gasteiger partial charge in [-0.3, -0.25) is 0 Å². The molecule has 0 fully saturated rings. The molecule has 1 unspecified atom stereocenters. The molecule has 2 rings (SSSR count). The van der Waals surface area contributed by atoms with Crippen LogP contribution in [0.1, 0.15) is 5.56 Å². The molecule has 0 spiro atoms. The number of benzene rings is 2. The molecule has 2 aromatic rings. The van der Waals surface area contributed by atoms with Gasteiger partial charge in [0.2, 0.25) is 0 Å². The number of phenolic OH excluding ortho intramolecular Hbond substituents is 1. The number of aromatic hydroxyl groups is 1. The number of halogens is 6. The monoisotopic (exact) mass is 541 g/mol. The van der Waals surface area contributed by atoms with E-state index in [0.717, 1.165) is 24.3 Å². The van der Waals surface area contributed by atoms with E-state index in [4.69, 9.17) is 4.74 Å². The number of methoxy groups -OCH3 is 1. The maximum absolute atomic E-state index is 13.4. The van der Waals surface area contributed by atoms with Gasteiger partial charge in [0, 0.05) is 10.6 Å². The normalized spacial score (nSPS) is 16.3. The van der Waals surface area contributed by atoms with Gasteiger partial charge in [-0.15, -0.1) is 10.2 Å². The highest BCUT2D eigenvalue weighted by atomic mass is 32.4. The van der Waals surface area contributed by atoms with Crippen LogP contribution in [0.25, 0.3) is 0 Å². The van der Waals surface area contributed by atoms with Crippen LogP contribution in [-0.4, -0.2) is 49.4 Å². The maximum atomic E-state index is 13.4. The zero-order valence-corrected chi connectivity index (χ0v) is 19.2. The topological polar surface area (TPSA) is 101 Å². The molecule has 0 heterocycles. The lowest BCUT2D eigenvalue weighted by molar-refractivity contribution is -0.0505. The van der Waals surface area contributed by atoms with Crippen LogP contribution < -0.4 is 4.74 Å². The van der Waals surface area contributed by atoms with Crippen molar-refractivity contribution in [1.29, 1.82) is 0 Å². The lowest BCUT2D eigenvalue weighted by atomic mass is 10.2. The van der Waals surface area contributed by atoms with Crippen LogP contribution in [0.4, 0.5) is 26.3 Å². The Bertz CT molecular complexity index is 1150. The van der Waals surface area contributed by atoms with Crippen molar-refractivity contribution in [2.24, 2.45) is 0 Å². The maximum Gasteiger partial charge on any atom is 0.513 e. The summed E-state index contributed by atoms with van der Waals surface area (Å²) in [4.78, 5) is -0.475. The van der Waals surface area contributed by atoms with Gasteiger partial charge >= 0.3 is 31.1 Å². The first-order valence-corrected chi connectivity index (χ1v) is 13.5. The van der Waals surface area contributed by atoms with E-state index in [0.29, 0.717) is 6.26 Å². The number of rotatable bonds is 7. The molecule has 0 aliphatic heterocycles. The van der Waals surface area contributed by atoms with E-state index >= 15 is 0 Å². The second-order valence-electron chi connectivity index (χ2n) is 6.59. The molecule has 0 saturated carbocycles. The highest BCUT2D eigenvalue weighted by Gasteiger charge is 2.65. The van der Waals surface area contributed by atoms with E-state index in [1.54, 1.807) is 0 Å². The van der Waals surface area contributed by atoms with E-state index in [-0.39, 0.29) is 11.3 Å². The lowest BCUT2D eigenvalue weighted by Crippen LogP contribution is -2.50. The van der Waals surface area contributed by atoms with Gasteiger partial charge in [0.25, 0.3) is 0 Å². The number of hydrogen-bond acceptors (Lipinski definition) is 6. The molecule has 1 N–H and O–H groups in total. The van der Waals surface area contributed by atoms with Crippen molar-refractivity contribution < 1.29 is 53.0 Å². The Morgan fingerprint density at radius 2 is 1.24 bits per heavy atom. The highest BCUT2D eigenvalue weighted by Crippen LogP contribution is 2.63. The standard InChI is InChI=1S/C17H17F6NO6S3/c1-30-14-7-3-12(4-8-14)11-31(2,15-9-5-13(25)6-10-15)24(32(26,27)16(18,19)20)33(28,29)17(21,22)23/h3-10,25H,11H2,1-2H3. The second kappa shape index (κ2) is 8.88. The first kappa shape index (κ1) is 27.1. The molecule has 33 heavy (non-hydrogen) atoms. The third-order valence-corrected chi connectivity index (χ3v) is 13.4. The van der Waals surface area contributed by atoms with Crippen molar-refractivity contribution in [2.75, 3.05) is 13.4 Å². The molecular weight excluding hydrogens is 524 g/mol. The molecule has 0 radical (unpaired) electrons. The number of sulfonamides is 2. The number of hydrogen-bond donors (Lipinski definition) is 1. The quantitative estimate of drug-likeness (QED) is 0.525. The fraction of sp³-hybridized carbons (Fsp3) is 0.294. The molecule has 0 bridgehead atoms. The van der Waals surface area contributed by atoms with Gasteiger partial charge in [-0.1, -0.05) is 12.1 Å². The van der Waals surface area contributed by atoms with Gasteiger partial charge in [-0.25, -0.2) is 16.8 Å². The van der Waals surface area contributed by atoms with Gasteiger partial charge in [-0.05, 0) is 51.3 Å². The Hall–Kier alpha value is -2.17. The molecule has 0 aliphatic carbocycles. The minimum Gasteiger partial charge on any atom is -0.508 e. The van der Waals surface area contributed by atoms with Crippen LogP contribution in [0.3, 0.4) is 0 Å².